The van der Waals surface area contributed by atoms with Crippen molar-refractivity contribution < 1.29 is 19.7 Å². The molecule has 1 aromatic carbocycles. The summed E-state index contributed by atoms with van der Waals surface area (Å²) >= 11 is 0. The summed E-state index contributed by atoms with van der Waals surface area (Å²) < 4.78 is 7.66. The summed E-state index contributed by atoms with van der Waals surface area (Å²) in [5, 5.41) is 21.8. The number of aromatic nitrogens is 4. The van der Waals surface area contributed by atoms with Crippen molar-refractivity contribution in [2.75, 3.05) is 12.3 Å². The van der Waals surface area contributed by atoms with Crippen LogP contribution >= 0.6 is 0 Å². The molecular formula is C22H31N5O4Si. The van der Waals surface area contributed by atoms with E-state index in [-0.39, 0.29) is 23.3 Å². The van der Waals surface area contributed by atoms with Crippen LogP contribution in [-0.2, 0) is 6.61 Å². The predicted molar refractivity (Wildman–Crippen MR) is 123 cm³/mol. The number of nitrogen functional groups attached to an aromatic ring is 1. The van der Waals surface area contributed by atoms with Gasteiger partial charge in [-0.15, -0.1) is 0 Å². The molecule has 0 amide bonds. The number of ether oxygens (including phenoxy) is 1. The molecule has 3 aromatic rings. The second-order valence-electron chi connectivity index (χ2n) is 9.16. The molecule has 4 atom stereocenters. The van der Waals surface area contributed by atoms with Crippen LogP contribution in [0.4, 0.5) is 5.95 Å². The fraction of sp³-hybridized carbons (Fsp3) is 0.500. The quantitative estimate of drug-likeness (QED) is 0.396. The van der Waals surface area contributed by atoms with Gasteiger partial charge in [-0.3, -0.25) is 0 Å². The molecule has 1 aliphatic carbocycles. The molecule has 2 aromatic heterocycles. The Hall–Kier alpha value is -2.53. The molecule has 0 bridgehead atoms. The van der Waals surface area contributed by atoms with E-state index in [9.17, 15) is 15.0 Å². The molecule has 4 rings (SSSR count). The average Bonchev–Trinajstić information content (AvgIpc) is 3.31. The number of benzene rings is 1. The van der Waals surface area contributed by atoms with Gasteiger partial charge in [-0.1, -0.05) is 43.7 Å². The zero-order chi connectivity index (χ0) is 23.1. The van der Waals surface area contributed by atoms with Crippen LogP contribution in [0.5, 0.6) is 5.88 Å². The van der Waals surface area contributed by atoms with E-state index >= 15 is 0 Å². The lowest BCUT2D eigenvalue weighted by atomic mass is 9.87. The van der Waals surface area contributed by atoms with Crippen molar-refractivity contribution >= 4 is 25.4 Å². The third-order valence-electron chi connectivity index (χ3n) is 6.74. The maximum atomic E-state index is 11.6. The maximum Gasteiger partial charge on any atom is 0.247 e. The van der Waals surface area contributed by atoms with Gasteiger partial charge in [-0.05, 0) is 36.5 Å². The second-order valence-corrected chi connectivity index (χ2v) is 13.2. The zero-order valence-electron chi connectivity index (χ0n) is 18.6. The molecule has 9 nitrogen and oxygen atoms in total. The Morgan fingerprint density at radius 2 is 1.97 bits per heavy atom. The highest BCUT2D eigenvalue weighted by Crippen LogP contribution is 2.55. The standard InChI is InChI=1S/C22H31N5O4Si/c1-4-15-16(32(2,3)30)10-17(22(15,29)12-28)27-13-24-18-19(27)25-21(23)26-20(18)31-11-14-8-6-5-7-9-14/h5-9,13,15-17,28-30H,4,10-12H2,1-3H3,(H2,23,25,26)/t15-,16+,17+,22+/m1/s1. The SMILES string of the molecule is CC[C@@H]1[C@@H]([Si](C)(C)O)C[C@H](n2cnc3c(OCc4ccccc4)nc(N)nc32)[C@]1(O)CO. The predicted octanol–water partition coefficient (Wildman–Crippen LogP) is 2.25. The van der Waals surface area contributed by atoms with Crippen LogP contribution in [0.2, 0.25) is 18.6 Å². The lowest BCUT2D eigenvalue weighted by Crippen LogP contribution is -2.46. The zero-order valence-corrected chi connectivity index (χ0v) is 19.6. The number of imidazole rings is 1. The van der Waals surface area contributed by atoms with Crippen LogP contribution < -0.4 is 10.5 Å². The highest BCUT2D eigenvalue weighted by molar-refractivity contribution is 6.71. The first-order valence-corrected chi connectivity index (χ1v) is 13.9. The molecule has 0 radical (unpaired) electrons. The molecular weight excluding hydrogens is 426 g/mol. The summed E-state index contributed by atoms with van der Waals surface area (Å²) in [7, 11) is -2.59. The van der Waals surface area contributed by atoms with E-state index in [0.717, 1.165) is 5.56 Å². The highest BCUT2D eigenvalue weighted by Gasteiger charge is 2.58. The molecule has 0 aliphatic heterocycles. The maximum absolute atomic E-state index is 11.6. The molecule has 0 saturated heterocycles. The average molecular weight is 458 g/mol. The van der Waals surface area contributed by atoms with E-state index in [4.69, 9.17) is 10.5 Å². The van der Waals surface area contributed by atoms with Crippen molar-refractivity contribution in [3.05, 3.63) is 42.2 Å². The molecule has 5 N–H and O–H groups in total. The molecule has 1 fully saturated rings. The highest BCUT2D eigenvalue weighted by atomic mass is 28.4. The normalized spacial score (nSPS) is 26.0. The smallest absolute Gasteiger partial charge is 0.247 e. The van der Waals surface area contributed by atoms with Crippen LogP contribution in [0.1, 0.15) is 31.4 Å². The number of hydrogen-bond acceptors (Lipinski definition) is 8. The van der Waals surface area contributed by atoms with Gasteiger partial charge in [0.1, 0.15) is 12.2 Å². The van der Waals surface area contributed by atoms with E-state index < -0.39 is 26.6 Å². The summed E-state index contributed by atoms with van der Waals surface area (Å²) in [6.07, 6.45) is 2.74. The van der Waals surface area contributed by atoms with Crippen LogP contribution in [0, 0.1) is 5.92 Å². The van der Waals surface area contributed by atoms with Gasteiger partial charge in [-0.25, -0.2) is 4.98 Å². The minimum atomic E-state index is -2.59. The second kappa shape index (κ2) is 8.43. The summed E-state index contributed by atoms with van der Waals surface area (Å²) in [5.41, 5.74) is 6.34. The molecule has 10 heteroatoms. The van der Waals surface area contributed by atoms with Gasteiger partial charge >= 0.3 is 0 Å². The molecule has 0 spiro atoms. The third-order valence-corrected chi connectivity index (χ3v) is 9.20. The minimum Gasteiger partial charge on any atom is -0.471 e. The van der Waals surface area contributed by atoms with Crippen molar-refractivity contribution in [2.45, 2.75) is 56.7 Å². The Balaban J connectivity index is 1.74. The Labute approximate surface area is 188 Å². The van der Waals surface area contributed by atoms with E-state index in [0.29, 0.717) is 30.6 Å². The number of fused-ring (bicyclic) bond motifs is 1. The van der Waals surface area contributed by atoms with Crippen LogP contribution in [-0.4, -0.2) is 55.1 Å². The number of aliphatic hydroxyl groups excluding tert-OH is 1. The van der Waals surface area contributed by atoms with E-state index in [1.807, 2.05) is 50.3 Å². The Bertz CT molecular complexity index is 1090. The largest absolute Gasteiger partial charge is 0.471 e. The first-order chi connectivity index (χ1) is 15.2. The van der Waals surface area contributed by atoms with Crippen molar-refractivity contribution in [3.8, 4) is 5.88 Å². The number of anilines is 1. The molecule has 0 unspecified atom stereocenters. The lowest BCUT2D eigenvalue weighted by molar-refractivity contribution is -0.0730. The molecule has 2 heterocycles. The minimum absolute atomic E-state index is 0.0355. The topological polar surface area (TPSA) is 140 Å². The molecule has 1 saturated carbocycles. The van der Waals surface area contributed by atoms with Gasteiger partial charge in [-0.2, -0.15) is 9.97 Å². The van der Waals surface area contributed by atoms with Gasteiger partial charge in [0.2, 0.25) is 11.8 Å². The number of nitrogens with zero attached hydrogens (tertiary/aromatic N) is 4. The summed E-state index contributed by atoms with van der Waals surface area (Å²) in [4.78, 5) is 24.0. The monoisotopic (exact) mass is 457 g/mol. The Morgan fingerprint density at radius 3 is 2.59 bits per heavy atom. The Morgan fingerprint density at radius 1 is 1.25 bits per heavy atom. The number of rotatable bonds is 7. The first-order valence-electron chi connectivity index (χ1n) is 10.9. The fourth-order valence-corrected chi connectivity index (χ4v) is 7.47. The van der Waals surface area contributed by atoms with Gasteiger partial charge in [0.25, 0.3) is 0 Å². The van der Waals surface area contributed by atoms with Crippen LogP contribution in [0.3, 0.4) is 0 Å². The lowest BCUT2D eigenvalue weighted by Gasteiger charge is -2.36. The molecule has 172 valence electrons. The summed E-state index contributed by atoms with van der Waals surface area (Å²) in [5.74, 6) is 0.0593. The van der Waals surface area contributed by atoms with Crippen molar-refractivity contribution in [2.24, 2.45) is 5.92 Å². The fourth-order valence-electron chi connectivity index (χ4n) is 5.16. The van der Waals surface area contributed by atoms with E-state index in [2.05, 4.69) is 15.0 Å². The van der Waals surface area contributed by atoms with Gasteiger partial charge in [0.05, 0.1) is 19.0 Å². The van der Waals surface area contributed by atoms with E-state index in [1.165, 1.54) is 0 Å². The molecule has 32 heavy (non-hydrogen) atoms. The third kappa shape index (κ3) is 3.87. The first kappa shape index (κ1) is 22.7. The number of nitrogens with two attached hydrogens (primary N) is 1. The summed E-state index contributed by atoms with van der Waals surface area (Å²) in [6.45, 7) is 5.61. The van der Waals surface area contributed by atoms with Crippen molar-refractivity contribution in [1.82, 2.24) is 19.5 Å². The van der Waals surface area contributed by atoms with Crippen LogP contribution in [0.15, 0.2) is 36.7 Å². The summed E-state index contributed by atoms with van der Waals surface area (Å²) in [6, 6.07) is 9.18. The van der Waals surface area contributed by atoms with Gasteiger partial charge in [0, 0.05) is 0 Å². The van der Waals surface area contributed by atoms with Crippen LogP contribution in [0.25, 0.3) is 11.2 Å². The number of aliphatic hydroxyl groups is 2. The van der Waals surface area contributed by atoms with Gasteiger partial charge < -0.3 is 30.0 Å². The van der Waals surface area contributed by atoms with E-state index in [1.54, 1.807) is 10.9 Å². The van der Waals surface area contributed by atoms with Gasteiger partial charge in [0.15, 0.2) is 19.5 Å². The van der Waals surface area contributed by atoms with Crippen molar-refractivity contribution in [3.63, 3.8) is 0 Å². The molecule has 1 aliphatic rings. The number of hydrogen-bond donors (Lipinski definition) is 4. The van der Waals surface area contributed by atoms with Crippen molar-refractivity contribution in [1.29, 1.82) is 0 Å². The Kier molecular flexibility index (Phi) is 5.97.